The van der Waals surface area contributed by atoms with Crippen LogP contribution >= 0.6 is 0 Å². The van der Waals surface area contributed by atoms with E-state index in [0.29, 0.717) is 18.1 Å². The van der Waals surface area contributed by atoms with E-state index in [2.05, 4.69) is 20.9 Å². The lowest BCUT2D eigenvalue weighted by Gasteiger charge is -2.49. The van der Waals surface area contributed by atoms with Gasteiger partial charge in [0.15, 0.2) is 0 Å². The molecule has 2 aliphatic heterocycles. The molecule has 0 saturated carbocycles. The Morgan fingerprint density at radius 1 is 1.19 bits per heavy atom. The number of rotatable bonds is 5. The normalized spacial score (nSPS) is 30.9. The highest BCUT2D eigenvalue weighted by Gasteiger charge is 2.53. The molecule has 6 heteroatoms. The Balaban J connectivity index is 0.00000169. The third kappa shape index (κ3) is 4.14. The number of esters is 1. The summed E-state index contributed by atoms with van der Waals surface area (Å²) in [5.41, 5.74) is 0.826. The van der Waals surface area contributed by atoms with Crippen LogP contribution in [0.4, 0.5) is 0 Å². The van der Waals surface area contributed by atoms with E-state index in [1.807, 2.05) is 30.3 Å². The number of aliphatic hydroxyl groups is 1. The molecule has 2 heterocycles. The predicted octanol–water partition coefficient (Wildman–Crippen LogP) is -0.967. The number of halogens is 1. The average molecular weight is 430 g/mol. The van der Waals surface area contributed by atoms with Crippen LogP contribution in [0, 0.1) is 0 Å². The van der Waals surface area contributed by atoms with Gasteiger partial charge in [-0.2, -0.15) is 0 Å². The Hall–Kier alpha value is -0.950. The van der Waals surface area contributed by atoms with Crippen LogP contribution in [-0.4, -0.2) is 58.9 Å². The molecule has 3 rings (SSSR count). The zero-order chi connectivity index (χ0) is 17.3. The second-order valence-corrected chi connectivity index (χ2v) is 7.88. The van der Waals surface area contributed by atoms with Gasteiger partial charge in [0.1, 0.15) is 12.0 Å². The second kappa shape index (κ2) is 9.31. The van der Waals surface area contributed by atoms with Gasteiger partial charge in [0.2, 0.25) is 0 Å². The molecule has 5 atom stereocenters. The summed E-state index contributed by atoms with van der Waals surface area (Å²) in [7, 11) is 2.37. The van der Waals surface area contributed by atoms with Crippen molar-refractivity contribution >= 4 is 5.97 Å². The summed E-state index contributed by atoms with van der Waals surface area (Å²) in [5.74, 6) is -0.856. The summed E-state index contributed by atoms with van der Waals surface area (Å²) in [5, 5.41) is 9.65. The van der Waals surface area contributed by atoms with Crippen molar-refractivity contribution in [3.05, 3.63) is 35.9 Å². The SMILES string of the molecule is CC(C)[N+]1(C)[C@@H]2CC[C@H]1CC(OC(=O)C(CO)c1ccccc1)C2.O.[Br-]. The van der Waals surface area contributed by atoms with E-state index in [1.165, 1.54) is 12.8 Å². The summed E-state index contributed by atoms with van der Waals surface area (Å²) in [6.45, 7) is 4.39. The van der Waals surface area contributed by atoms with E-state index in [4.69, 9.17) is 4.74 Å². The number of benzene rings is 1. The Labute approximate surface area is 167 Å². The Morgan fingerprint density at radius 2 is 1.73 bits per heavy atom. The van der Waals surface area contributed by atoms with Crippen LogP contribution in [0.15, 0.2) is 30.3 Å². The molecule has 26 heavy (non-hydrogen) atoms. The van der Waals surface area contributed by atoms with E-state index in [-0.39, 0.29) is 41.1 Å². The van der Waals surface area contributed by atoms with Crippen molar-refractivity contribution in [2.45, 2.75) is 69.7 Å². The van der Waals surface area contributed by atoms with Crippen molar-refractivity contribution in [1.29, 1.82) is 0 Å². The van der Waals surface area contributed by atoms with Crippen molar-refractivity contribution in [1.82, 2.24) is 0 Å². The van der Waals surface area contributed by atoms with Crippen molar-refractivity contribution in [2.75, 3.05) is 13.7 Å². The van der Waals surface area contributed by atoms with Crippen molar-refractivity contribution in [2.24, 2.45) is 0 Å². The number of quaternary nitrogens is 1. The molecule has 2 saturated heterocycles. The molecule has 2 bridgehead atoms. The minimum absolute atomic E-state index is 0. The summed E-state index contributed by atoms with van der Waals surface area (Å²) in [6.07, 6.45) is 4.36. The Kier molecular flexibility index (Phi) is 8.27. The fourth-order valence-corrected chi connectivity index (χ4v) is 4.82. The van der Waals surface area contributed by atoms with E-state index < -0.39 is 5.92 Å². The smallest absolute Gasteiger partial charge is 0.316 e. The molecule has 0 radical (unpaired) electrons. The molecular formula is C20H32BrNO4. The summed E-state index contributed by atoms with van der Waals surface area (Å²) >= 11 is 0. The lowest BCUT2D eigenvalue weighted by molar-refractivity contribution is -0.968. The number of hydrogen-bond donors (Lipinski definition) is 1. The lowest BCUT2D eigenvalue weighted by atomic mass is 9.94. The number of aliphatic hydroxyl groups excluding tert-OH is 1. The maximum Gasteiger partial charge on any atom is 0.316 e. The first-order valence-corrected chi connectivity index (χ1v) is 9.18. The van der Waals surface area contributed by atoms with Crippen LogP contribution in [0.1, 0.15) is 51.0 Å². The first-order chi connectivity index (χ1) is 11.5. The molecule has 2 aliphatic rings. The maximum absolute atomic E-state index is 12.6. The summed E-state index contributed by atoms with van der Waals surface area (Å²) < 4.78 is 6.96. The van der Waals surface area contributed by atoms with Crippen LogP contribution in [0.25, 0.3) is 0 Å². The van der Waals surface area contributed by atoms with Gasteiger partial charge in [0, 0.05) is 25.7 Å². The molecule has 3 N–H and O–H groups in total. The maximum atomic E-state index is 12.6. The average Bonchev–Trinajstić information content (AvgIpc) is 2.74. The fraction of sp³-hybridized carbons (Fsp3) is 0.650. The van der Waals surface area contributed by atoms with Crippen LogP contribution in [0.2, 0.25) is 0 Å². The summed E-state index contributed by atoms with van der Waals surface area (Å²) in [6, 6.07) is 11.2. The Bertz CT molecular complexity index is 566. The minimum atomic E-state index is -0.572. The predicted molar refractivity (Wildman–Crippen MR) is 97.1 cm³/mol. The van der Waals surface area contributed by atoms with Crippen LogP contribution in [-0.2, 0) is 9.53 Å². The third-order valence-corrected chi connectivity index (χ3v) is 6.54. The van der Waals surface area contributed by atoms with Gasteiger partial charge in [-0.15, -0.1) is 0 Å². The van der Waals surface area contributed by atoms with Crippen LogP contribution in [0.5, 0.6) is 0 Å². The van der Waals surface area contributed by atoms with Crippen molar-refractivity contribution in [3.8, 4) is 0 Å². The van der Waals surface area contributed by atoms with Gasteiger partial charge in [-0.3, -0.25) is 4.79 Å². The molecule has 2 fully saturated rings. The van der Waals surface area contributed by atoms with Gasteiger partial charge in [0.05, 0.1) is 31.8 Å². The molecule has 1 aromatic carbocycles. The van der Waals surface area contributed by atoms with E-state index in [1.54, 1.807) is 0 Å². The quantitative estimate of drug-likeness (QED) is 0.483. The monoisotopic (exact) mass is 429 g/mol. The second-order valence-electron chi connectivity index (χ2n) is 7.88. The highest BCUT2D eigenvalue weighted by atomic mass is 79.9. The molecule has 0 aliphatic carbocycles. The molecule has 0 amide bonds. The summed E-state index contributed by atoms with van der Waals surface area (Å²) in [4.78, 5) is 12.6. The molecule has 0 aromatic heterocycles. The first kappa shape index (κ1) is 23.1. The number of nitrogens with zero attached hydrogens (tertiary/aromatic N) is 1. The minimum Gasteiger partial charge on any atom is -1.00 e. The van der Waals surface area contributed by atoms with Gasteiger partial charge in [-0.25, -0.2) is 0 Å². The highest BCUT2D eigenvalue weighted by Crippen LogP contribution is 2.44. The van der Waals surface area contributed by atoms with E-state index >= 15 is 0 Å². The van der Waals surface area contributed by atoms with Crippen LogP contribution < -0.4 is 17.0 Å². The van der Waals surface area contributed by atoms with Crippen molar-refractivity contribution in [3.63, 3.8) is 0 Å². The van der Waals surface area contributed by atoms with Gasteiger partial charge < -0.3 is 36.8 Å². The van der Waals surface area contributed by atoms with Gasteiger partial charge >= 0.3 is 5.97 Å². The largest absolute Gasteiger partial charge is 1.00 e. The number of hydrogen-bond acceptors (Lipinski definition) is 3. The Morgan fingerprint density at radius 3 is 2.19 bits per heavy atom. The molecule has 1 aromatic rings. The van der Waals surface area contributed by atoms with Crippen molar-refractivity contribution < 1.29 is 41.6 Å². The standard InChI is InChI=1S/C20H30NO3.BrH.H2O/c1-14(2)21(3)16-9-10-17(21)12-18(11-16)24-20(23)19(13-22)15-7-5-4-6-8-15;;/h4-8,14,16-19,22H,9-13H2,1-3H3;1H;1H2/q+1;;/p-1/t16-,17+,18?,19?,21?;;. The first-order valence-electron chi connectivity index (χ1n) is 9.18. The fourth-order valence-electron chi connectivity index (χ4n) is 4.82. The molecule has 3 unspecified atom stereocenters. The topological polar surface area (TPSA) is 78.0 Å². The van der Waals surface area contributed by atoms with Gasteiger partial charge in [-0.05, 0) is 19.4 Å². The third-order valence-electron chi connectivity index (χ3n) is 6.54. The lowest BCUT2D eigenvalue weighted by Crippen LogP contribution is -3.00. The number of carbonyl (C=O) groups is 1. The van der Waals surface area contributed by atoms with Gasteiger partial charge in [-0.1, -0.05) is 30.3 Å². The molecule has 0 spiro atoms. The molecule has 148 valence electrons. The van der Waals surface area contributed by atoms with Crippen LogP contribution in [0.3, 0.4) is 0 Å². The zero-order valence-electron chi connectivity index (χ0n) is 15.9. The molecular weight excluding hydrogens is 398 g/mol. The van der Waals surface area contributed by atoms with Gasteiger partial charge in [0.25, 0.3) is 0 Å². The number of fused-ring (bicyclic) bond motifs is 2. The van der Waals surface area contributed by atoms with E-state index in [0.717, 1.165) is 22.9 Å². The zero-order valence-corrected chi connectivity index (χ0v) is 17.5. The number of ether oxygens (including phenoxy) is 1. The molecule has 5 nitrogen and oxygen atoms in total. The number of piperidine rings is 1. The number of carbonyl (C=O) groups excluding carboxylic acids is 1. The van der Waals surface area contributed by atoms with E-state index in [9.17, 15) is 9.90 Å². The highest BCUT2D eigenvalue weighted by molar-refractivity contribution is 5.78.